The lowest BCUT2D eigenvalue weighted by Crippen LogP contribution is -2.35. The average Bonchev–Trinajstić information content (AvgIpc) is 2.74. The molecule has 1 heterocycles. The predicted molar refractivity (Wildman–Crippen MR) is 119 cm³/mol. The number of halogens is 1. The van der Waals surface area contributed by atoms with E-state index in [1.165, 1.54) is 29.4 Å². The van der Waals surface area contributed by atoms with E-state index in [2.05, 4.69) is 10.6 Å². The number of piperidine rings is 1. The molecule has 1 saturated heterocycles. The van der Waals surface area contributed by atoms with Crippen molar-refractivity contribution in [3.63, 3.8) is 0 Å². The topological polar surface area (TPSA) is 105 Å². The Balaban J connectivity index is 1.57. The maximum Gasteiger partial charge on any atom is 0.262 e. The van der Waals surface area contributed by atoms with Crippen LogP contribution in [0.2, 0.25) is 5.02 Å². The van der Waals surface area contributed by atoms with Gasteiger partial charge in [-0.15, -0.1) is 0 Å². The van der Waals surface area contributed by atoms with Crippen LogP contribution < -0.4 is 15.4 Å². The molecule has 0 spiro atoms. The van der Waals surface area contributed by atoms with Crippen molar-refractivity contribution in [1.82, 2.24) is 4.31 Å². The van der Waals surface area contributed by atoms with E-state index in [1.807, 2.05) is 0 Å². The van der Waals surface area contributed by atoms with Crippen molar-refractivity contribution < 1.29 is 22.7 Å². The fraction of sp³-hybridized carbons (Fsp3) is 0.333. The Morgan fingerprint density at radius 3 is 2.19 bits per heavy atom. The third kappa shape index (κ3) is 6.19. The molecule has 10 heteroatoms. The van der Waals surface area contributed by atoms with Gasteiger partial charge in [0.15, 0.2) is 6.61 Å². The lowest BCUT2D eigenvalue weighted by Gasteiger charge is -2.26. The van der Waals surface area contributed by atoms with Gasteiger partial charge in [-0.2, -0.15) is 4.31 Å². The van der Waals surface area contributed by atoms with E-state index in [1.54, 1.807) is 24.3 Å². The summed E-state index contributed by atoms with van der Waals surface area (Å²) in [6.45, 7) is 2.12. The van der Waals surface area contributed by atoms with Gasteiger partial charge in [0.1, 0.15) is 5.75 Å². The molecule has 0 atom stereocenters. The monoisotopic (exact) mass is 465 g/mol. The quantitative estimate of drug-likeness (QED) is 0.651. The Kier molecular flexibility index (Phi) is 7.53. The van der Waals surface area contributed by atoms with E-state index in [0.717, 1.165) is 19.3 Å². The third-order valence-corrected chi connectivity index (χ3v) is 6.89. The number of carbonyl (C=O) groups is 2. The smallest absolute Gasteiger partial charge is 0.262 e. The number of ether oxygens (including phenoxy) is 1. The second-order valence-corrected chi connectivity index (χ2v) is 9.50. The first-order chi connectivity index (χ1) is 14.8. The molecule has 2 amide bonds. The molecule has 1 aliphatic rings. The van der Waals surface area contributed by atoms with Gasteiger partial charge in [-0.25, -0.2) is 8.42 Å². The van der Waals surface area contributed by atoms with Crippen molar-refractivity contribution in [2.45, 2.75) is 31.1 Å². The highest BCUT2D eigenvalue weighted by Gasteiger charge is 2.26. The zero-order valence-corrected chi connectivity index (χ0v) is 18.6. The molecule has 3 rings (SSSR count). The molecule has 2 aromatic rings. The number of hydrogen-bond acceptors (Lipinski definition) is 5. The van der Waals surface area contributed by atoms with E-state index in [9.17, 15) is 18.0 Å². The molecule has 31 heavy (non-hydrogen) atoms. The molecule has 2 aromatic carbocycles. The van der Waals surface area contributed by atoms with E-state index in [4.69, 9.17) is 16.3 Å². The van der Waals surface area contributed by atoms with E-state index >= 15 is 0 Å². The highest BCUT2D eigenvalue weighted by atomic mass is 35.5. The summed E-state index contributed by atoms with van der Waals surface area (Å²) in [5, 5.41) is 5.42. The lowest BCUT2D eigenvalue weighted by molar-refractivity contribution is -0.118. The van der Waals surface area contributed by atoms with Gasteiger partial charge in [0, 0.05) is 31.4 Å². The number of sulfonamides is 1. The van der Waals surface area contributed by atoms with Crippen LogP contribution in [0.15, 0.2) is 47.4 Å². The van der Waals surface area contributed by atoms with Crippen LogP contribution in [0, 0.1) is 0 Å². The Hall–Kier alpha value is -2.62. The zero-order valence-electron chi connectivity index (χ0n) is 17.1. The predicted octanol–water partition coefficient (Wildman–Crippen LogP) is 3.49. The minimum absolute atomic E-state index is 0.107. The average molecular weight is 466 g/mol. The van der Waals surface area contributed by atoms with Gasteiger partial charge < -0.3 is 15.4 Å². The number of rotatable bonds is 7. The second-order valence-electron chi connectivity index (χ2n) is 7.15. The van der Waals surface area contributed by atoms with E-state index in [-0.39, 0.29) is 28.2 Å². The molecule has 0 radical (unpaired) electrons. The Morgan fingerprint density at radius 2 is 1.61 bits per heavy atom. The van der Waals surface area contributed by atoms with Crippen LogP contribution in [0.1, 0.15) is 26.2 Å². The first-order valence-corrected chi connectivity index (χ1v) is 11.7. The minimum atomic E-state index is -3.60. The number of anilines is 2. The standard InChI is InChI=1S/C21H24ClN3O5S/c1-15(26)23-16-5-7-17(8-6-16)24-21(27)14-30-20-10-9-18(13-19(20)22)31(28,29)25-11-3-2-4-12-25/h5-10,13H,2-4,11-12,14H2,1H3,(H,23,26)(H,24,27). The van der Waals surface area contributed by atoms with Gasteiger partial charge in [0.2, 0.25) is 15.9 Å². The molecule has 0 aromatic heterocycles. The van der Waals surface area contributed by atoms with Crippen LogP contribution in [0.5, 0.6) is 5.75 Å². The molecule has 0 aliphatic carbocycles. The number of amides is 2. The Morgan fingerprint density at radius 1 is 1.00 bits per heavy atom. The first kappa shape index (κ1) is 23.1. The molecule has 0 saturated carbocycles. The van der Waals surface area contributed by atoms with Gasteiger partial charge in [0.05, 0.1) is 9.92 Å². The summed E-state index contributed by atoms with van der Waals surface area (Å²) in [6.07, 6.45) is 2.72. The third-order valence-electron chi connectivity index (χ3n) is 4.70. The van der Waals surface area contributed by atoms with Crippen molar-refractivity contribution in [2.24, 2.45) is 0 Å². The SMILES string of the molecule is CC(=O)Nc1ccc(NC(=O)COc2ccc(S(=O)(=O)N3CCCCC3)cc2Cl)cc1. The summed E-state index contributed by atoms with van der Waals surface area (Å²) in [5.41, 5.74) is 1.16. The summed E-state index contributed by atoms with van der Waals surface area (Å²) in [7, 11) is -3.60. The minimum Gasteiger partial charge on any atom is -0.482 e. The van der Waals surface area contributed by atoms with Crippen LogP contribution in [-0.4, -0.2) is 44.2 Å². The van der Waals surface area contributed by atoms with E-state index in [0.29, 0.717) is 24.5 Å². The van der Waals surface area contributed by atoms with Crippen molar-refractivity contribution in [1.29, 1.82) is 0 Å². The number of benzene rings is 2. The van der Waals surface area contributed by atoms with Gasteiger partial charge in [-0.1, -0.05) is 18.0 Å². The van der Waals surface area contributed by atoms with Crippen molar-refractivity contribution in [3.8, 4) is 5.75 Å². The molecule has 2 N–H and O–H groups in total. The fourth-order valence-corrected chi connectivity index (χ4v) is 5.04. The van der Waals surface area contributed by atoms with Crippen LogP contribution in [0.4, 0.5) is 11.4 Å². The molecule has 8 nitrogen and oxygen atoms in total. The Labute approximate surface area is 186 Å². The molecular weight excluding hydrogens is 442 g/mol. The normalized spacial score (nSPS) is 14.6. The fourth-order valence-electron chi connectivity index (χ4n) is 3.19. The summed E-state index contributed by atoms with van der Waals surface area (Å²) < 4.78 is 32.4. The van der Waals surface area contributed by atoms with Gasteiger partial charge in [-0.05, 0) is 55.3 Å². The molecular formula is C21H24ClN3O5S. The maximum atomic E-state index is 12.7. The molecule has 166 valence electrons. The summed E-state index contributed by atoms with van der Waals surface area (Å²) in [5.74, 6) is -0.374. The number of carbonyl (C=O) groups excluding carboxylic acids is 2. The highest BCUT2D eigenvalue weighted by Crippen LogP contribution is 2.29. The van der Waals surface area contributed by atoms with Gasteiger partial charge in [0.25, 0.3) is 5.91 Å². The van der Waals surface area contributed by atoms with Gasteiger partial charge in [-0.3, -0.25) is 9.59 Å². The second kappa shape index (κ2) is 10.1. The van der Waals surface area contributed by atoms with Crippen LogP contribution in [0.3, 0.4) is 0 Å². The Bertz CT molecular complexity index is 1050. The van der Waals surface area contributed by atoms with Crippen molar-refractivity contribution in [2.75, 3.05) is 30.3 Å². The van der Waals surface area contributed by atoms with Crippen LogP contribution >= 0.6 is 11.6 Å². The van der Waals surface area contributed by atoms with Crippen molar-refractivity contribution in [3.05, 3.63) is 47.5 Å². The van der Waals surface area contributed by atoms with Gasteiger partial charge >= 0.3 is 0 Å². The molecule has 1 aliphatic heterocycles. The van der Waals surface area contributed by atoms with Crippen LogP contribution in [0.25, 0.3) is 0 Å². The highest BCUT2D eigenvalue weighted by molar-refractivity contribution is 7.89. The summed E-state index contributed by atoms with van der Waals surface area (Å²) in [4.78, 5) is 23.3. The molecule has 0 unspecified atom stereocenters. The first-order valence-electron chi connectivity index (χ1n) is 9.86. The van der Waals surface area contributed by atoms with Crippen molar-refractivity contribution >= 4 is 44.8 Å². The summed E-state index contributed by atoms with van der Waals surface area (Å²) >= 11 is 6.20. The molecule has 1 fully saturated rings. The maximum absolute atomic E-state index is 12.7. The van der Waals surface area contributed by atoms with Crippen LogP contribution in [-0.2, 0) is 19.6 Å². The molecule has 0 bridgehead atoms. The summed E-state index contributed by atoms with van der Waals surface area (Å²) in [6, 6.07) is 10.9. The lowest BCUT2D eigenvalue weighted by atomic mass is 10.2. The zero-order chi connectivity index (χ0) is 22.4. The number of nitrogens with one attached hydrogen (secondary N) is 2. The van der Waals surface area contributed by atoms with E-state index < -0.39 is 15.9 Å². The number of hydrogen-bond donors (Lipinski definition) is 2. The largest absolute Gasteiger partial charge is 0.482 e. The number of nitrogens with zero attached hydrogens (tertiary/aromatic N) is 1.